The molecule has 0 aliphatic rings. The zero-order chi connectivity index (χ0) is 32.1. The third-order valence-electron chi connectivity index (χ3n) is 8.48. The molecule has 1 aromatic carbocycles. The summed E-state index contributed by atoms with van der Waals surface area (Å²) in [6.45, 7) is 9.70. The van der Waals surface area contributed by atoms with Crippen LogP contribution in [0.1, 0.15) is 163 Å². The Morgan fingerprint density at radius 2 is 0.727 bits per heavy atom. The Hall–Kier alpha value is -1.92. The molecule has 0 atom stereocenters. The molecule has 44 heavy (non-hydrogen) atoms. The first-order valence-corrected chi connectivity index (χ1v) is 18.3. The lowest BCUT2D eigenvalue weighted by Gasteiger charge is -2.16. The van der Waals surface area contributed by atoms with Crippen molar-refractivity contribution in [1.82, 2.24) is 9.80 Å². The van der Waals surface area contributed by atoms with E-state index >= 15 is 0 Å². The van der Waals surface area contributed by atoms with Gasteiger partial charge in [-0.1, -0.05) is 104 Å². The highest BCUT2D eigenvalue weighted by molar-refractivity contribution is 5.93. The lowest BCUT2D eigenvalue weighted by molar-refractivity contribution is 0.0481. The van der Waals surface area contributed by atoms with Gasteiger partial charge in [-0.2, -0.15) is 0 Å². The molecular formula is C38H68N2O4. The summed E-state index contributed by atoms with van der Waals surface area (Å²) in [6, 6.07) is 6.60. The van der Waals surface area contributed by atoms with Gasteiger partial charge < -0.3 is 19.3 Å². The van der Waals surface area contributed by atoms with Gasteiger partial charge in [0.15, 0.2) is 0 Å². The van der Waals surface area contributed by atoms with Gasteiger partial charge in [0, 0.05) is 0 Å². The number of hydrogen-bond donors (Lipinski definition) is 0. The quantitative estimate of drug-likeness (QED) is 0.0633. The molecule has 1 rings (SSSR count). The molecule has 0 fully saturated rings. The minimum Gasteiger partial charge on any atom is -0.462 e. The van der Waals surface area contributed by atoms with Crippen molar-refractivity contribution < 1.29 is 19.1 Å². The molecule has 6 nitrogen and oxygen atoms in total. The van der Waals surface area contributed by atoms with E-state index < -0.39 is 0 Å². The SMILES string of the molecule is CCCCCCCCCCN(C)CCCCOC(=O)c1ccc(C(=O)OCCCCN(C)CCCCCCCCCC)cc1. The molecule has 0 saturated heterocycles. The van der Waals surface area contributed by atoms with Crippen LogP contribution < -0.4 is 0 Å². The zero-order valence-corrected chi connectivity index (χ0v) is 29.2. The van der Waals surface area contributed by atoms with E-state index in [2.05, 4.69) is 37.7 Å². The number of ether oxygens (including phenoxy) is 2. The van der Waals surface area contributed by atoms with E-state index in [0.717, 1.165) is 51.9 Å². The molecule has 0 bridgehead atoms. The van der Waals surface area contributed by atoms with Crippen LogP contribution in [0, 0.1) is 0 Å². The number of carbonyl (C=O) groups is 2. The Labute approximate surface area is 271 Å². The van der Waals surface area contributed by atoms with E-state index in [9.17, 15) is 9.59 Å². The summed E-state index contributed by atoms with van der Waals surface area (Å²) in [5.41, 5.74) is 0.931. The van der Waals surface area contributed by atoms with Gasteiger partial charge >= 0.3 is 11.9 Å². The molecule has 0 unspecified atom stereocenters. The second kappa shape index (κ2) is 28.5. The molecule has 0 spiro atoms. The van der Waals surface area contributed by atoms with E-state index in [0.29, 0.717) is 24.3 Å². The molecule has 0 amide bonds. The molecule has 6 heteroatoms. The second-order valence-corrected chi connectivity index (χ2v) is 12.8. The van der Waals surface area contributed by atoms with Crippen LogP contribution in [0.25, 0.3) is 0 Å². The summed E-state index contributed by atoms with van der Waals surface area (Å²) in [5, 5.41) is 0. The minimum absolute atomic E-state index is 0.340. The Bertz CT molecular complexity index is 747. The number of esters is 2. The molecule has 0 aromatic heterocycles. The van der Waals surface area contributed by atoms with Gasteiger partial charge in [0.2, 0.25) is 0 Å². The zero-order valence-electron chi connectivity index (χ0n) is 29.2. The number of carbonyl (C=O) groups excluding carboxylic acids is 2. The first-order chi connectivity index (χ1) is 21.5. The summed E-state index contributed by atoms with van der Waals surface area (Å²) in [5.74, 6) is -0.679. The third kappa shape index (κ3) is 22.6. The lowest BCUT2D eigenvalue weighted by atomic mass is 10.1. The number of unbranched alkanes of at least 4 members (excludes halogenated alkanes) is 16. The van der Waals surface area contributed by atoms with Gasteiger partial charge in [0.1, 0.15) is 0 Å². The number of rotatable bonds is 30. The molecule has 0 N–H and O–H groups in total. The topological polar surface area (TPSA) is 59.1 Å². The van der Waals surface area contributed by atoms with E-state index in [1.165, 1.54) is 103 Å². The fourth-order valence-electron chi connectivity index (χ4n) is 5.46. The predicted octanol–water partition coefficient (Wildman–Crippen LogP) is 9.71. The largest absolute Gasteiger partial charge is 0.462 e. The standard InChI is InChI=1S/C38H68N2O4/c1-5-7-9-11-13-15-17-19-29-39(3)31-21-23-33-43-37(41)35-25-27-36(28-26-35)38(42)44-34-24-22-32-40(4)30-20-18-16-14-12-10-8-6-2/h25-28H,5-24,29-34H2,1-4H3. The van der Waals surface area contributed by atoms with Crippen LogP contribution >= 0.6 is 0 Å². The van der Waals surface area contributed by atoms with Gasteiger partial charge in [0.25, 0.3) is 0 Å². The maximum atomic E-state index is 12.4. The Morgan fingerprint density at radius 3 is 1.05 bits per heavy atom. The maximum absolute atomic E-state index is 12.4. The van der Waals surface area contributed by atoms with E-state index in [1.807, 2.05) is 0 Å². The lowest BCUT2D eigenvalue weighted by Crippen LogP contribution is -2.21. The minimum atomic E-state index is -0.340. The van der Waals surface area contributed by atoms with E-state index in [4.69, 9.17) is 9.47 Å². The Morgan fingerprint density at radius 1 is 0.455 bits per heavy atom. The first kappa shape index (κ1) is 40.1. The van der Waals surface area contributed by atoms with Crippen molar-refractivity contribution in [3.05, 3.63) is 35.4 Å². The molecule has 0 heterocycles. The summed E-state index contributed by atoms with van der Waals surface area (Å²) in [6.07, 6.45) is 25.3. The van der Waals surface area contributed by atoms with Gasteiger partial charge in [-0.3, -0.25) is 0 Å². The summed E-state index contributed by atoms with van der Waals surface area (Å²) < 4.78 is 10.9. The Kier molecular flexibility index (Phi) is 26.0. The average Bonchev–Trinajstić information content (AvgIpc) is 3.03. The van der Waals surface area contributed by atoms with Gasteiger partial charge in [0.05, 0.1) is 24.3 Å². The highest BCUT2D eigenvalue weighted by Crippen LogP contribution is 2.11. The van der Waals surface area contributed by atoms with Crippen molar-refractivity contribution in [1.29, 1.82) is 0 Å². The molecule has 0 radical (unpaired) electrons. The number of nitrogens with zero attached hydrogens (tertiary/aromatic N) is 2. The van der Waals surface area contributed by atoms with Crippen molar-refractivity contribution in [3.63, 3.8) is 0 Å². The highest BCUT2D eigenvalue weighted by Gasteiger charge is 2.11. The maximum Gasteiger partial charge on any atom is 0.338 e. The highest BCUT2D eigenvalue weighted by atomic mass is 16.5. The van der Waals surface area contributed by atoms with Crippen molar-refractivity contribution in [2.75, 3.05) is 53.5 Å². The summed E-state index contributed by atoms with van der Waals surface area (Å²) in [4.78, 5) is 29.6. The van der Waals surface area contributed by atoms with Crippen LogP contribution in [0.2, 0.25) is 0 Å². The first-order valence-electron chi connectivity index (χ1n) is 18.3. The van der Waals surface area contributed by atoms with Crippen LogP contribution in [0.4, 0.5) is 0 Å². The smallest absolute Gasteiger partial charge is 0.338 e. The normalized spacial score (nSPS) is 11.4. The van der Waals surface area contributed by atoms with Crippen molar-refractivity contribution in [3.8, 4) is 0 Å². The second-order valence-electron chi connectivity index (χ2n) is 12.8. The molecule has 1 aromatic rings. The fourth-order valence-corrected chi connectivity index (χ4v) is 5.46. The van der Waals surface area contributed by atoms with E-state index in [1.54, 1.807) is 24.3 Å². The van der Waals surface area contributed by atoms with Crippen molar-refractivity contribution in [2.24, 2.45) is 0 Å². The van der Waals surface area contributed by atoms with Crippen molar-refractivity contribution >= 4 is 11.9 Å². The fraction of sp³-hybridized carbons (Fsp3) is 0.789. The molecule has 0 aliphatic carbocycles. The van der Waals surface area contributed by atoms with Crippen LogP contribution in [0.5, 0.6) is 0 Å². The number of benzene rings is 1. The van der Waals surface area contributed by atoms with E-state index in [-0.39, 0.29) is 11.9 Å². The average molecular weight is 617 g/mol. The molecule has 254 valence electrons. The number of hydrogen-bond acceptors (Lipinski definition) is 6. The Balaban J connectivity index is 2.06. The van der Waals surface area contributed by atoms with Crippen molar-refractivity contribution in [2.45, 2.75) is 142 Å². The van der Waals surface area contributed by atoms with Gasteiger partial charge in [-0.25, -0.2) is 9.59 Å². The van der Waals surface area contributed by atoms with Crippen LogP contribution in [-0.2, 0) is 9.47 Å². The third-order valence-corrected chi connectivity index (χ3v) is 8.48. The molecule has 0 aliphatic heterocycles. The summed E-state index contributed by atoms with van der Waals surface area (Å²) >= 11 is 0. The van der Waals surface area contributed by atoms with Crippen LogP contribution in [-0.4, -0.2) is 75.2 Å². The van der Waals surface area contributed by atoms with Crippen LogP contribution in [0.3, 0.4) is 0 Å². The monoisotopic (exact) mass is 617 g/mol. The molecule has 0 saturated carbocycles. The van der Waals surface area contributed by atoms with Crippen LogP contribution in [0.15, 0.2) is 24.3 Å². The summed E-state index contributed by atoms with van der Waals surface area (Å²) in [7, 11) is 4.36. The molecular weight excluding hydrogens is 548 g/mol. The predicted molar refractivity (Wildman–Crippen MR) is 186 cm³/mol. The van der Waals surface area contributed by atoms with Gasteiger partial charge in [-0.05, 0) is 103 Å². The van der Waals surface area contributed by atoms with Gasteiger partial charge in [-0.15, -0.1) is 0 Å².